The van der Waals surface area contributed by atoms with Gasteiger partial charge in [0.2, 0.25) is 0 Å². The van der Waals surface area contributed by atoms with Crippen molar-refractivity contribution in [3.05, 3.63) is 17.7 Å². The summed E-state index contributed by atoms with van der Waals surface area (Å²) in [6.45, 7) is 6.09. The molecule has 0 spiro atoms. The molecule has 3 heteroatoms. The zero-order valence-electron chi connectivity index (χ0n) is 7.20. The van der Waals surface area contributed by atoms with Gasteiger partial charge in [-0.15, -0.1) is 0 Å². The summed E-state index contributed by atoms with van der Waals surface area (Å²) in [5.41, 5.74) is 0.961. The molecule has 0 saturated heterocycles. The summed E-state index contributed by atoms with van der Waals surface area (Å²) in [7, 11) is 0. The van der Waals surface area contributed by atoms with E-state index in [1.807, 2.05) is 17.7 Å². The standard InChI is InChI=1S/C8H14N2O/c1-6(2)10-4-7(3)9-8(10)5-11/h4,6,11H,5H2,1-3H3. The molecule has 0 bridgehead atoms. The molecule has 0 fully saturated rings. The van der Waals surface area contributed by atoms with Gasteiger partial charge in [-0.05, 0) is 20.8 Å². The Morgan fingerprint density at radius 1 is 1.64 bits per heavy atom. The van der Waals surface area contributed by atoms with Crippen molar-refractivity contribution in [3.63, 3.8) is 0 Å². The maximum Gasteiger partial charge on any atom is 0.135 e. The average Bonchev–Trinajstić information content (AvgIpc) is 2.30. The largest absolute Gasteiger partial charge is 0.388 e. The Morgan fingerprint density at radius 2 is 2.27 bits per heavy atom. The van der Waals surface area contributed by atoms with Crippen molar-refractivity contribution < 1.29 is 5.11 Å². The van der Waals surface area contributed by atoms with Gasteiger partial charge in [-0.2, -0.15) is 0 Å². The normalized spacial score (nSPS) is 11.0. The van der Waals surface area contributed by atoms with Gasteiger partial charge in [0, 0.05) is 12.2 Å². The zero-order valence-corrected chi connectivity index (χ0v) is 7.20. The Labute approximate surface area is 66.7 Å². The molecule has 0 aliphatic carbocycles. The van der Waals surface area contributed by atoms with Crippen LogP contribution >= 0.6 is 0 Å². The highest BCUT2D eigenvalue weighted by molar-refractivity contribution is 5.02. The van der Waals surface area contributed by atoms with Gasteiger partial charge in [0.1, 0.15) is 12.4 Å². The van der Waals surface area contributed by atoms with Crippen molar-refractivity contribution in [1.82, 2.24) is 9.55 Å². The highest BCUT2D eigenvalue weighted by Gasteiger charge is 2.05. The summed E-state index contributed by atoms with van der Waals surface area (Å²) < 4.78 is 1.98. The number of hydrogen-bond donors (Lipinski definition) is 1. The van der Waals surface area contributed by atoms with Crippen LogP contribution in [0.3, 0.4) is 0 Å². The summed E-state index contributed by atoms with van der Waals surface area (Å²) in [6, 6.07) is 0.373. The van der Waals surface area contributed by atoms with Crippen LogP contribution in [0.1, 0.15) is 31.4 Å². The van der Waals surface area contributed by atoms with Gasteiger partial charge < -0.3 is 9.67 Å². The lowest BCUT2D eigenvalue weighted by atomic mass is 10.4. The molecule has 11 heavy (non-hydrogen) atoms. The third-order valence-corrected chi connectivity index (χ3v) is 1.63. The highest BCUT2D eigenvalue weighted by atomic mass is 16.3. The van der Waals surface area contributed by atoms with Gasteiger partial charge in [-0.3, -0.25) is 0 Å². The van der Waals surface area contributed by atoms with Crippen LogP contribution in [-0.2, 0) is 6.61 Å². The van der Waals surface area contributed by atoms with Crippen molar-refractivity contribution in [2.24, 2.45) is 0 Å². The summed E-state index contributed by atoms with van der Waals surface area (Å²) in [6.07, 6.45) is 1.95. The topological polar surface area (TPSA) is 38.0 Å². The number of aryl methyl sites for hydroxylation is 1. The Hall–Kier alpha value is -0.830. The number of hydrogen-bond acceptors (Lipinski definition) is 2. The molecular weight excluding hydrogens is 140 g/mol. The van der Waals surface area contributed by atoms with Crippen LogP contribution in [-0.4, -0.2) is 14.7 Å². The molecule has 0 aromatic carbocycles. The van der Waals surface area contributed by atoms with Gasteiger partial charge in [-0.1, -0.05) is 0 Å². The maximum absolute atomic E-state index is 8.90. The first-order valence-corrected chi connectivity index (χ1v) is 3.80. The summed E-state index contributed by atoms with van der Waals surface area (Å²) in [5.74, 6) is 0.748. The van der Waals surface area contributed by atoms with E-state index in [0.29, 0.717) is 6.04 Å². The molecule has 0 unspecified atom stereocenters. The summed E-state index contributed by atoms with van der Waals surface area (Å²) in [5, 5.41) is 8.90. The Bertz CT molecular complexity index is 240. The number of aliphatic hydroxyl groups excluding tert-OH is 1. The van der Waals surface area contributed by atoms with Gasteiger partial charge >= 0.3 is 0 Å². The number of imidazole rings is 1. The van der Waals surface area contributed by atoms with Crippen molar-refractivity contribution >= 4 is 0 Å². The molecule has 1 aromatic rings. The van der Waals surface area contributed by atoms with Gasteiger partial charge in [-0.25, -0.2) is 4.98 Å². The Balaban J connectivity index is 3.02. The lowest BCUT2D eigenvalue weighted by Gasteiger charge is -2.08. The van der Waals surface area contributed by atoms with E-state index < -0.39 is 0 Å². The number of rotatable bonds is 2. The fraction of sp³-hybridized carbons (Fsp3) is 0.625. The quantitative estimate of drug-likeness (QED) is 0.696. The van der Waals surface area contributed by atoms with E-state index in [1.165, 1.54) is 0 Å². The minimum Gasteiger partial charge on any atom is -0.388 e. The van der Waals surface area contributed by atoms with Crippen LogP contribution in [0.25, 0.3) is 0 Å². The molecule has 1 N–H and O–H groups in total. The predicted octanol–water partition coefficient (Wildman–Crippen LogP) is 1.26. The van der Waals surface area contributed by atoms with Crippen LogP contribution in [0, 0.1) is 6.92 Å². The van der Waals surface area contributed by atoms with Crippen LogP contribution in [0.15, 0.2) is 6.20 Å². The molecule has 3 nitrogen and oxygen atoms in total. The van der Waals surface area contributed by atoms with Crippen molar-refractivity contribution in [1.29, 1.82) is 0 Å². The van der Waals surface area contributed by atoms with Gasteiger partial charge in [0.25, 0.3) is 0 Å². The van der Waals surface area contributed by atoms with Crippen LogP contribution < -0.4 is 0 Å². The molecule has 0 amide bonds. The van der Waals surface area contributed by atoms with E-state index in [2.05, 4.69) is 18.8 Å². The van der Waals surface area contributed by atoms with E-state index in [-0.39, 0.29) is 6.61 Å². The smallest absolute Gasteiger partial charge is 0.135 e. The van der Waals surface area contributed by atoms with E-state index >= 15 is 0 Å². The number of nitrogens with zero attached hydrogens (tertiary/aromatic N) is 2. The third-order valence-electron chi connectivity index (χ3n) is 1.63. The fourth-order valence-electron chi connectivity index (χ4n) is 1.13. The van der Waals surface area contributed by atoms with E-state index in [9.17, 15) is 0 Å². The molecule has 1 heterocycles. The second-order valence-electron chi connectivity index (χ2n) is 2.96. The minimum atomic E-state index is 0.0199. The van der Waals surface area contributed by atoms with Gasteiger partial charge in [0.05, 0.1) is 5.69 Å². The molecule has 1 aromatic heterocycles. The first-order chi connectivity index (χ1) is 5.15. The average molecular weight is 154 g/mol. The predicted molar refractivity (Wildman–Crippen MR) is 43.3 cm³/mol. The fourth-order valence-corrected chi connectivity index (χ4v) is 1.13. The van der Waals surface area contributed by atoms with Gasteiger partial charge in [0.15, 0.2) is 0 Å². The molecule has 0 radical (unpaired) electrons. The minimum absolute atomic E-state index is 0.0199. The molecule has 0 aliphatic heterocycles. The Kier molecular flexibility index (Phi) is 2.29. The first kappa shape index (κ1) is 8.27. The van der Waals surface area contributed by atoms with Crippen LogP contribution in [0.2, 0.25) is 0 Å². The van der Waals surface area contributed by atoms with Crippen molar-refractivity contribution in [2.75, 3.05) is 0 Å². The second-order valence-corrected chi connectivity index (χ2v) is 2.96. The van der Waals surface area contributed by atoms with Crippen LogP contribution in [0.4, 0.5) is 0 Å². The molecule has 0 saturated carbocycles. The van der Waals surface area contributed by atoms with E-state index in [1.54, 1.807) is 0 Å². The maximum atomic E-state index is 8.90. The SMILES string of the molecule is Cc1cn(C(C)C)c(CO)n1. The number of aromatic nitrogens is 2. The van der Waals surface area contributed by atoms with Crippen LogP contribution in [0.5, 0.6) is 0 Å². The van der Waals surface area contributed by atoms with E-state index in [0.717, 1.165) is 11.5 Å². The van der Waals surface area contributed by atoms with Crippen molar-refractivity contribution in [2.45, 2.75) is 33.4 Å². The molecular formula is C8H14N2O. The Morgan fingerprint density at radius 3 is 2.64 bits per heavy atom. The molecule has 1 rings (SSSR count). The summed E-state index contributed by atoms with van der Waals surface area (Å²) >= 11 is 0. The lowest BCUT2D eigenvalue weighted by Crippen LogP contribution is -2.04. The lowest BCUT2D eigenvalue weighted by molar-refractivity contribution is 0.262. The molecule has 62 valence electrons. The third kappa shape index (κ3) is 1.60. The van der Waals surface area contributed by atoms with Crippen molar-refractivity contribution in [3.8, 4) is 0 Å². The monoisotopic (exact) mass is 154 g/mol. The molecule has 0 atom stereocenters. The number of aliphatic hydroxyl groups is 1. The van der Waals surface area contributed by atoms with E-state index in [4.69, 9.17) is 5.11 Å². The summed E-state index contributed by atoms with van der Waals surface area (Å²) in [4.78, 5) is 4.16. The highest BCUT2D eigenvalue weighted by Crippen LogP contribution is 2.10. The molecule has 0 aliphatic rings. The first-order valence-electron chi connectivity index (χ1n) is 3.80. The second kappa shape index (κ2) is 3.05. The zero-order chi connectivity index (χ0) is 8.43.